The molecule has 1 saturated heterocycles. The zero-order chi connectivity index (χ0) is 12.4. The fourth-order valence-corrected chi connectivity index (χ4v) is 2.40. The lowest BCUT2D eigenvalue weighted by atomic mass is 9.97. The van der Waals surface area contributed by atoms with E-state index in [1.807, 2.05) is 0 Å². The van der Waals surface area contributed by atoms with Crippen LogP contribution in [0.3, 0.4) is 0 Å². The number of hydrogen-bond acceptors (Lipinski definition) is 2. The van der Waals surface area contributed by atoms with Crippen molar-refractivity contribution in [3.05, 3.63) is 29.8 Å². The van der Waals surface area contributed by atoms with Crippen LogP contribution in [0.2, 0.25) is 0 Å². The summed E-state index contributed by atoms with van der Waals surface area (Å²) >= 11 is 0. The first-order valence-corrected chi connectivity index (χ1v) is 7.30. The number of rotatable bonds is 6. The van der Waals surface area contributed by atoms with Crippen LogP contribution in [0.5, 0.6) is 5.75 Å². The van der Waals surface area contributed by atoms with E-state index in [0.717, 1.165) is 5.75 Å². The maximum Gasteiger partial charge on any atom is 0.119 e. The molecular weight excluding hydrogens is 222 g/mol. The van der Waals surface area contributed by atoms with E-state index in [1.165, 1.54) is 50.9 Å². The Kier molecular flexibility index (Phi) is 3.55. The molecule has 2 nitrogen and oxygen atoms in total. The van der Waals surface area contributed by atoms with E-state index in [0.29, 0.717) is 12.0 Å². The first-order valence-electron chi connectivity index (χ1n) is 7.30. The third kappa shape index (κ3) is 3.05. The molecule has 1 atom stereocenters. The Bertz CT molecular complexity index is 379. The Hall–Kier alpha value is -1.02. The summed E-state index contributed by atoms with van der Waals surface area (Å²) in [7, 11) is 0. The molecule has 0 radical (unpaired) electrons. The Morgan fingerprint density at radius 1 is 1.22 bits per heavy atom. The summed E-state index contributed by atoms with van der Waals surface area (Å²) in [6, 6.07) is 8.73. The lowest BCUT2D eigenvalue weighted by Crippen LogP contribution is -2.38. The van der Waals surface area contributed by atoms with E-state index >= 15 is 0 Å². The molecule has 3 rings (SSSR count). The van der Waals surface area contributed by atoms with Crippen LogP contribution < -0.4 is 4.74 Å². The summed E-state index contributed by atoms with van der Waals surface area (Å²) in [6.45, 7) is 6.19. The smallest absolute Gasteiger partial charge is 0.119 e. The minimum Gasteiger partial charge on any atom is -0.490 e. The summed E-state index contributed by atoms with van der Waals surface area (Å²) < 4.78 is 5.78. The molecule has 18 heavy (non-hydrogen) atoms. The molecule has 2 fully saturated rings. The first-order chi connectivity index (χ1) is 8.81. The highest BCUT2D eigenvalue weighted by Crippen LogP contribution is 2.28. The van der Waals surface area contributed by atoms with Crippen LogP contribution >= 0.6 is 0 Å². The second-order valence-electron chi connectivity index (χ2n) is 5.77. The molecule has 0 amide bonds. The van der Waals surface area contributed by atoms with Gasteiger partial charge < -0.3 is 9.64 Å². The minimum absolute atomic E-state index is 0.500. The van der Waals surface area contributed by atoms with E-state index in [-0.39, 0.29) is 0 Å². The molecule has 0 N–H and O–H groups in total. The van der Waals surface area contributed by atoms with Crippen LogP contribution in [0.15, 0.2) is 24.3 Å². The second kappa shape index (κ2) is 5.31. The quantitative estimate of drug-likeness (QED) is 0.761. The Morgan fingerprint density at radius 3 is 2.50 bits per heavy atom. The van der Waals surface area contributed by atoms with Gasteiger partial charge in [0.2, 0.25) is 0 Å². The molecule has 0 spiro atoms. The molecular formula is C16H23NO. The number of likely N-dealkylation sites (tertiary alicyclic amines) is 1. The SMILES string of the molecule is CC(CCN1CCC1)c1ccc(OC2CC2)cc1. The van der Waals surface area contributed by atoms with Crippen molar-refractivity contribution in [2.75, 3.05) is 19.6 Å². The van der Waals surface area contributed by atoms with Gasteiger partial charge in [-0.25, -0.2) is 0 Å². The Labute approximate surface area is 110 Å². The predicted octanol–water partition coefficient (Wildman–Crippen LogP) is 3.43. The molecule has 0 bridgehead atoms. The van der Waals surface area contributed by atoms with E-state index in [9.17, 15) is 0 Å². The molecule has 1 aromatic carbocycles. The zero-order valence-electron chi connectivity index (χ0n) is 11.3. The van der Waals surface area contributed by atoms with Gasteiger partial charge in [0, 0.05) is 0 Å². The predicted molar refractivity (Wildman–Crippen MR) is 74.2 cm³/mol. The maximum absolute atomic E-state index is 5.78. The largest absolute Gasteiger partial charge is 0.490 e. The van der Waals surface area contributed by atoms with Gasteiger partial charge in [0.1, 0.15) is 5.75 Å². The molecule has 2 heteroatoms. The van der Waals surface area contributed by atoms with Crippen molar-refractivity contribution in [1.29, 1.82) is 0 Å². The van der Waals surface area contributed by atoms with Gasteiger partial charge in [-0.15, -0.1) is 0 Å². The average Bonchev–Trinajstić information content (AvgIpc) is 3.12. The van der Waals surface area contributed by atoms with Gasteiger partial charge in [0.05, 0.1) is 6.10 Å². The lowest BCUT2D eigenvalue weighted by molar-refractivity contribution is 0.176. The number of ether oxygens (including phenoxy) is 1. The Balaban J connectivity index is 1.50. The van der Waals surface area contributed by atoms with E-state index in [4.69, 9.17) is 4.74 Å². The van der Waals surface area contributed by atoms with Gasteiger partial charge in [-0.1, -0.05) is 19.1 Å². The second-order valence-corrected chi connectivity index (χ2v) is 5.77. The van der Waals surface area contributed by atoms with Crippen LogP contribution in [0.25, 0.3) is 0 Å². The van der Waals surface area contributed by atoms with Crippen molar-refractivity contribution in [1.82, 2.24) is 4.90 Å². The van der Waals surface area contributed by atoms with E-state index in [2.05, 4.69) is 36.1 Å². The zero-order valence-corrected chi connectivity index (χ0v) is 11.3. The topological polar surface area (TPSA) is 12.5 Å². The van der Waals surface area contributed by atoms with Gasteiger partial charge in [-0.2, -0.15) is 0 Å². The monoisotopic (exact) mass is 245 g/mol. The van der Waals surface area contributed by atoms with Gasteiger partial charge in [-0.3, -0.25) is 0 Å². The minimum atomic E-state index is 0.500. The van der Waals surface area contributed by atoms with Crippen LogP contribution in [0.1, 0.15) is 44.1 Å². The van der Waals surface area contributed by atoms with Crippen LogP contribution in [-0.2, 0) is 0 Å². The van der Waals surface area contributed by atoms with E-state index < -0.39 is 0 Å². The highest BCUT2D eigenvalue weighted by atomic mass is 16.5. The third-order valence-corrected chi connectivity index (χ3v) is 4.10. The molecule has 1 unspecified atom stereocenters. The van der Waals surface area contributed by atoms with Gasteiger partial charge in [-0.05, 0) is 68.9 Å². The summed E-state index contributed by atoms with van der Waals surface area (Å²) in [4.78, 5) is 2.54. The van der Waals surface area contributed by atoms with Crippen molar-refractivity contribution in [2.24, 2.45) is 0 Å². The normalized spacial score (nSPS) is 21.4. The average molecular weight is 245 g/mol. The molecule has 1 aromatic rings. The molecule has 98 valence electrons. The number of nitrogens with zero attached hydrogens (tertiary/aromatic N) is 1. The summed E-state index contributed by atoms with van der Waals surface area (Å²) in [5.41, 5.74) is 1.44. The highest BCUT2D eigenvalue weighted by Gasteiger charge is 2.23. The first kappa shape index (κ1) is 12.0. The number of hydrogen-bond donors (Lipinski definition) is 0. The van der Waals surface area contributed by atoms with Crippen molar-refractivity contribution in [3.8, 4) is 5.75 Å². The van der Waals surface area contributed by atoms with Crippen molar-refractivity contribution in [3.63, 3.8) is 0 Å². The highest BCUT2D eigenvalue weighted by molar-refractivity contribution is 5.29. The van der Waals surface area contributed by atoms with E-state index in [1.54, 1.807) is 0 Å². The molecule has 1 saturated carbocycles. The van der Waals surface area contributed by atoms with Gasteiger partial charge in [0.15, 0.2) is 0 Å². The molecule has 1 aliphatic heterocycles. The maximum atomic E-state index is 5.78. The standard InChI is InChI=1S/C16H23NO/c1-13(9-12-17-10-2-11-17)14-3-5-15(6-4-14)18-16-7-8-16/h3-6,13,16H,2,7-12H2,1H3. The molecule has 2 aliphatic rings. The molecule has 0 aromatic heterocycles. The fraction of sp³-hybridized carbons (Fsp3) is 0.625. The third-order valence-electron chi connectivity index (χ3n) is 4.10. The van der Waals surface area contributed by atoms with Crippen molar-refractivity contribution in [2.45, 2.75) is 44.6 Å². The lowest BCUT2D eigenvalue weighted by Gasteiger charge is -2.31. The summed E-state index contributed by atoms with van der Waals surface area (Å²) in [5.74, 6) is 1.69. The van der Waals surface area contributed by atoms with Crippen LogP contribution in [0.4, 0.5) is 0 Å². The van der Waals surface area contributed by atoms with Crippen LogP contribution in [0, 0.1) is 0 Å². The summed E-state index contributed by atoms with van der Waals surface area (Å²) in [6.07, 6.45) is 5.62. The Morgan fingerprint density at radius 2 is 1.94 bits per heavy atom. The fourth-order valence-electron chi connectivity index (χ4n) is 2.40. The van der Waals surface area contributed by atoms with Crippen molar-refractivity contribution < 1.29 is 4.74 Å². The summed E-state index contributed by atoms with van der Waals surface area (Å²) in [5, 5.41) is 0. The van der Waals surface area contributed by atoms with Crippen LogP contribution in [-0.4, -0.2) is 30.6 Å². The van der Waals surface area contributed by atoms with Gasteiger partial charge in [0.25, 0.3) is 0 Å². The van der Waals surface area contributed by atoms with Crippen molar-refractivity contribution >= 4 is 0 Å². The number of benzene rings is 1. The molecule has 1 aliphatic carbocycles. The molecule has 1 heterocycles. The van der Waals surface area contributed by atoms with Gasteiger partial charge >= 0.3 is 0 Å².